The number of nitrogens with zero attached hydrogens (tertiary/aromatic N) is 1. The molecule has 7 heteroatoms. The molecule has 2 amide bonds. The smallest absolute Gasteiger partial charge is 0.325 e. The number of rotatable bonds is 4. The number of hydrogen-bond donors (Lipinski definition) is 1. The van der Waals surface area contributed by atoms with Crippen molar-refractivity contribution in [3.05, 3.63) is 42.0 Å². The number of fused-ring (bicyclic) bond motifs is 1. The highest BCUT2D eigenvalue weighted by molar-refractivity contribution is 5.84. The van der Waals surface area contributed by atoms with E-state index < -0.39 is 5.97 Å². The van der Waals surface area contributed by atoms with Gasteiger partial charge in [0.1, 0.15) is 18.4 Å². The summed E-state index contributed by atoms with van der Waals surface area (Å²) >= 11 is 0. The lowest BCUT2D eigenvalue weighted by molar-refractivity contribution is -0.139. The summed E-state index contributed by atoms with van der Waals surface area (Å²) in [6.45, 7) is 1.20. The van der Waals surface area contributed by atoms with Crippen molar-refractivity contribution >= 4 is 22.8 Å². The molecule has 3 rings (SSSR count). The average Bonchev–Trinajstić information content (AvgIpc) is 2.70. The van der Waals surface area contributed by atoms with Crippen LogP contribution >= 0.6 is 0 Å². The van der Waals surface area contributed by atoms with Crippen LogP contribution in [0.1, 0.15) is 11.7 Å². The van der Waals surface area contributed by atoms with Gasteiger partial charge in [-0.05, 0) is 34.5 Å². The van der Waals surface area contributed by atoms with Gasteiger partial charge in [0.25, 0.3) is 0 Å². The second-order valence-electron chi connectivity index (χ2n) is 6.01. The van der Waals surface area contributed by atoms with Crippen molar-refractivity contribution < 1.29 is 23.8 Å². The number of carbonyl (C=O) groups excluding carboxylic acids is 2. The van der Waals surface area contributed by atoms with Gasteiger partial charge in [0.2, 0.25) is 0 Å². The molecule has 1 heterocycles. The molecule has 0 aliphatic carbocycles. The van der Waals surface area contributed by atoms with Crippen molar-refractivity contribution in [2.24, 2.45) is 0 Å². The van der Waals surface area contributed by atoms with E-state index in [9.17, 15) is 9.59 Å². The van der Waals surface area contributed by atoms with Gasteiger partial charge in [-0.25, -0.2) is 4.79 Å². The highest BCUT2D eigenvalue weighted by Crippen LogP contribution is 2.27. The van der Waals surface area contributed by atoms with Crippen LogP contribution in [0.4, 0.5) is 4.79 Å². The first-order chi connectivity index (χ1) is 12.6. The number of hydrogen-bond acceptors (Lipinski definition) is 5. The Hall–Kier alpha value is -2.80. The van der Waals surface area contributed by atoms with Crippen LogP contribution in [0, 0.1) is 0 Å². The maximum absolute atomic E-state index is 12.2. The zero-order chi connectivity index (χ0) is 18.5. The Morgan fingerprint density at radius 3 is 2.73 bits per heavy atom. The van der Waals surface area contributed by atoms with E-state index in [4.69, 9.17) is 9.47 Å². The highest BCUT2D eigenvalue weighted by atomic mass is 16.5. The summed E-state index contributed by atoms with van der Waals surface area (Å²) in [7, 11) is 2.93. The zero-order valence-corrected chi connectivity index (χ0v) is 14.9. The van der Waals surface area contributed by atoms with Gasteiger partial charge in [-0.15, -0.1) is 0 Å². The zero-order valence-electron chi connectivity index (χ0n) is 14.9. The maximum atomic E-state index is 12.2. The van der Waals surface area contributed by atoms with Crippen molar-refractivity contribution in [2.75, 3.05) is 40.5 Å². The minimum absolute atomic E-state index is 0.144. The predicted octanol–water partition coefficient (Wildman–Crippen LogP) is 2.10. The Bertz CT molecular complexity index is 808. The summed E-state index contributed by atoms with van der Waals surface area (Å²) in [5.41, 5.74) is 1.01. The largest absolute Gasteiger partial charge is 0.497 e. The van der Waals surface area contributed by atoms with Crippen LogP contribution in [-0.4, -0.2) is 57.4 Å². The summed E-state index contributed by atoms with van der Waals surface area (Å²) in [4.78, 5) is 25.0. The lowest BCUT2D eigenvalue weighted by Crippen LogP contribution is -2.48. The number of nitrogens with one attached hydrogen (secondary N) is 1. The van der Waals surface area contributed by atoms with Crippen molar-refractivity contribution in [3.8, 4) is 5.75 Å². The second kappa shape index (κ2) is 8.05. The minimum atomic E-state index is -0.479. The van der Waals surface area contributed by atoms with E-state index in [2.05, 4.69) is 16.1 Å². The molecule has 1 atom stereocenters. The Morgan fingerprint density at radius 1 is 1.19 bits per heavy atom. The number of urea groups is 1. The SMILES string of the molecule is COC(=O)CNC(=O)N1CCOC(c2ccc3cc(OC)ccc3c2)C1. The minimum Gasteiger partial charge on any atom is -0.497 e. The quantitative estimate of drug-likeness (QED) is 0.847. The van der Waals surface area contributed by atoms with Crippen molar-refractivity contribution in [3.63, 3.8) is 0 Å². The van der Waals surface area contributed by atoms with Crippen LogP contribution < -0.4 is 10.1 Å². The normalized spacial score (nSPS) is 17.0. The number of ether oxygens (including phenoxy) is 3. The van der Waals surface area contributed by atoms with E-state index in [1.165, 1.54) is 7.11 Å². The molecule has 1 unspecified atom stereocenters. The lowest BCUT2D eigenvalue weighted by Gasteiger charge is -2.33. The molecule has 1 N–H and O–H groups in total. The van der Waals surface area contributed by atoms with Gasteiger partial charge in [0, 0.05) is 6.54 Å². The van der Waals surface area contributed by atoms with Crippen LogP contribution in [0.2, 0.25) is 0 Å². The molecule has 2 aromatic carbocycles. The third kappa shape index (κ3) is 4.05. The molecule has 0 bridgehead atoms. The number of amides is 2. The summed E-state index contributed by atoms with van der Waals surface area (Å²) in [6, 6.07) is 11.7. The third-order valence-electron chi connectivity index (χ3n) is 4.41. The Labute approximate surface area is 151 Å². The molecular formula is C19H22N2O5. The lowest BCUT2D eigenvalue weighted by atomic mass is 10.0. The van der Waals surface area contributed by atoms with E-state index in [-0.39, 0.29) is 18.7 Å². The first kappa shape index (κ1) is 18.0. The van der Waals surface area contributed by atoms with Gasteiger partial charge < -0.3 is 24.4 Å². The molecule has 7 nitrogen and oxygen atoms in total. The molecule has 0 saturated carbocycles. The monoisotopic (exact) mass is 358 g/mol. The highest BCUT2D eigenvalue weighted by Gasteiger charge is 2.25. The molecule has 1 aliphatic heterocycles. The van der Waals surface area contributed by atoms with E-state index in [0.717, 1.165) is 22.1 Å². The molecule has 26 heavy (non-hydrogen) atoms. The Kier molecular flexibility index (Phi) is 5.58. The molecule has 1 fully saturated rings. The molecule has 0 spiro atoms. The summed E-state index contributed by atoms with van der Waals surface area (Å²) in [5, 5.41) is 4.72. The second-order valence-corrected chi connectivity index (χ2v) is 6.01. The van der Waals surface area contributed by atoms with Crippen LogP contribution in [0.3, 0.4) is 0 Å². The number of methoxy groups -OCH3 is 2. The molecule has 1 aliphatic rings. The van der Waals surface area contributed by atoms with E-state index in [0.29, 0.717) is 19.7 Å². The fraction of sp³-hybridized carbons (Fsp3) is 0.368. The third-order valence-corrected chi connectivity index (χ3v) is 4.41. The van der Waals surface area contributed by atoms with Gasteiger partial charge in [-0.3, -0.25) is 4.79 Å². The molecule has 1 saturated heterocycles. The first-order valence-electron chi connectivity index (χ1n) is 8.39. The summed E-state index contributed by atoms with van der Waals surface area (Å²) in [6.07, 6.45) is -0.209. The predicted molar refractivity (Wildman–Crippen MR) is 96.2 cm³/mol. The fourth-order valence-electron chi connectivity index (χ4n) is 2.94. The topological polar surface area (TPSA) is 77.1 Å². The number of esters is 1. The average molecular weight is 358 g/mol. The van der Waals surface area contributed by atoms with Crippen LogP contribution in [0.25, 0.3) is 10.8 Å². The summed E-state index contributed by atoms with van der Waals surface area (Å²) in [5.74, 6) is 0.334. The van der Waals surface area contributed by atoms with Gasteiger partial charge in [0.05, 0.1) is 27.4 Å². The number of benzene rings is 2. The van der Waals surface area contributed by atoms with Crippen molar-refractivity contribution in [2.45, 2.75) is 6.10 Å². The number of carbonyl (C=O) groups is 2. The van der Waals surface area contributed by atoms with Gasteiger partial charge in [-0.1, -0.05) is 18.2 Å². The first-order valence-corrected chi connectivity index (χ1v) is 8.39. The van der Waals surface area contributed by atoms with Crippen LogP contribution in [0.5, 0.6) is 5.75 Å². The molecule has 2 aromatic rings. The van der Waals surface area contributed by atoms with Crippen molar-refractivity contribution in [1.29, 1.82) is 0 Å². The summed E-state index contributed by atoms with van der Waals surface area (Å²) < 4.78 is 15.6. The Balaban J connectivity index is 1.69. The van der Waals surface area contributed by atoms with Gasteiger partial charge >= 0.3 is 12.0 Å². The van der Waals surface area contributed by atoms with E-state index in [1.54, 1.807) is 12.0 Å². The molecular weight excluding hydrogens is 336 g/mol. The molecule has 138 valence electrons. The standard InChI is InChI=1S/C19H22N2O5/c1-24-16-6-5-13-9-15(4-3-14(13)10-16)17-12-21(7-8-26-17)19(23)20-11-18(22)25-2/h3-6,9-10,17H,7-8,11-12H2,1-2H3,(H,20,23). The van der Waals surface area contributed by atoms with E-state index in [1.807, 2.05) is 30.3 Å². The van der Waals surface area contributed by atoms with Crippen molar-refractivity contribution in [1.82, 2.24) is 10.2 Å². The van der Waals surface area contributed by atoms with Crippen LogP contribution in [0.15, 0.2) is 36.4 Å². The molecule has 0 aromatic heterocycles. The number of morpholine rings is 1. The van der Waals surface area contributed by atoms with Crippen LogP contribution in [-0.2, 0) is 14.3 Å². The maximum Gasteiger partial charge on any atom is 0.325 e. The fourth-order valence-corrected chi connectivity index (χ4v) is 2.94. The van der Waals surface area contributed by atoms with E-state index >= 15 is 0 Å². The Morgan fingerprint density at radius 2 is 1.96 bits per heavy atom. The molecule has 0 radical (unpaired) electrons. The van der Waals surface area contributed by atoms with Gasteiger partial charge in [-0.2, -0.15) is 0 Å². The van der Waals surface area contributed by atoms with Gasteiger partial charge in [0.15, 0.2) is 0 Å².